The number of hydrogen-bond donors (Lipinski definition) is 1. The van der Waals surface area contributed by atoms with Crippen LogP contribution in [0.15, 0.2) is 12.4 Å². The van der Waals surface area contributed by atoms with Crippen LogP contribution in [-0.2, 0) is 16.6 Å². The Morgan fingerprint density at radius 1 is 1.47 bits per heavy atom. The van der Waals surface area contributed by atoms with Crippen LogP contribution in [0.5, 0.6) is 0 Å². The summed E-state index contributed by atoms with van der Waals surface area (Å²) in [7, 11) is 1.89. The molecule has 1 heterocycles. The van der Waals surface area contributed by atoms with E-state index in [0.29, 0.717) is 13.0 Å². The molecule has 0 amide bonds. The average molecular weight is 239 g/mol. The first-order valence-corrected chi connectivity index (χ1v) is 6.10. The minimum absolute atomic E-state index is 0.0901. The number of unbranched alkanes of at least 4 members (excludes halogenated alkanes) is 2. The van der Waals surface area contributed by atoms with E-state index >= 15 is 0 Å². The van der Waals surface area contributed by atoms with Crippen LogP contribution in [-0.4, -0.2) is 28.9 Å². The molecule has 1 rings (SSSR count). The summed E-state index contributed by atoms with van der Waals surface area (Å²) in [4.78, 5) is 11.1. The van der Waals surface area contributed by atoms with Gasteiger partial charge in [0.25, 0.3) is 0 Å². The van der Waals surface area contributed by atoms with Gasteiger partial charge in [0.15, 0.2) is 0 Å². The maximum absolute atomic E-state index is 11.1. The Labute approximate surface area is 102 Å². The van der Waals surface area contributed by atoms with Gasteiger partial charge in [-0.15, -0.1) is 0 Å². The zero-order valence-corrected chi connectivity index (χ0v) is 10.6. The van der Waals surface area contributed by atoms with Crippen molar-refractivity contribution in [3.05, 3.63) is 12.4 Å². The standard InChI is InChI=1S/C12H21N3O2/c1-3-17-12(16)7-5-4-6-8-13-11-9-14-15(2)10-11/h9-10,13H,3-8H2,1-2H3. The molecule has 0 fully saturated rings. The maximum atomic E-state index is 11.1. The second-order valence-electron chi connectivity index (χ2n) is 3.95. The zero-order chi connectivity index (χ0) is 12.5. The van der Waals surface area contributed by atoms with Gasteiger partial charge in [-0.25, -0.2) is 0 Å². The molecule has 1 aromatic rings. The SMILES string of the molecule is CCOC(=O)CCCCCNc1cnn(C)c1. The highest BCUT2D eigenvalue weighted by Crippen LogP contribution is 2.05. The second kappa shape index (κ2) is 7.70. The minimum atomic E-state index is -0.0901. The van der Waals surface area contributed by atoms with E-state index in [4.69, 9.17) is 4.74 Å². The maximum Gasteiger partial charge on any atom is 0.305 e. The Kier molecular flexibility index (Phi) is 6.14. The number of nitrogens with one attached hydrogen (secondary N) is 1. The number of aromatic nitrogens is 2. The molecule has 5 heteroatoms. The van der Waals surface area contributed by atoms with Crippen molar-refractivity contribution in [2.75, 3.05) is 18.5 Å². The summed E-state index contributed by atoms with van der Waals surface area (Å²) in [6.45, 7) is 3.21. The van der Waals surface area contributed by atoms with Crippen LogP contribution in [0.4, 0.5) is 5.69 Å². The first-order valence-electron chi connectivity index (χ1n) is 6.10. The monoisotopic (exact) mass is 239 g/mol. The van der Waals surface area contributed by atoms with Crippen molar-refractivity contribution in [3.63, 3.8) is 0 Å². The van der Waals surface area contributed by atoms with Crippen LogP contribution in [0, 0.1) is 0 Å². The number of esters is 1. The second-order valence-corrected chi connectivity index (χ2v) is 3.95. The van der Waals surface area contributed by atoms with Crippen LogP contribution in [0.2, 0.25) is 0 Å². The Bertz CT molecular complexity index is 336. The van der Waals surface area contributed by atoms with Crippen molar-refractivity contribution >= 4 is 11.7 Å². The molecule has 0 aromatic carbocycles. The third kappa shape index (κ3) is 5.94. The van der Waals surface area contributed by atoms with E-state index in [1.165, 1.54) is 0 Å². The summed E-state index contributed by atoms with van der Waals surface area (Å²) in [5.74, 6) is -0.0901. The number of carbonyl (C=O) groups is 1. The molecule has 0 saturated carbocycles. The molecule has 0 saturated heterocycles. The molecule has 0 spiro atoms. The third-order valence-corrected chi connectivity index (χ3v) is 2.40. The van der Waals surface area contributed by atoms with Gasteiger partial charge in [-0.1, -0.05) is 6.42 Å². The predicted molar refractivity (Wildman–Crippen MR) is 66.8 cm³/mol. The molecule has 0 atom stereocenters. The van der Waals surface area contributed by atoms with Gasteiger partial charge in [-0.05, 0) is 19.8 Å². The summed E-state index contributed by atoms with van der Waals surface area (Å²) in [5, 5.41) is 7.35. The number of hydrogen-bond acceptors (Lipinski definition) is 4. The van der Waals surface area contributed by atoms with Crippen LogP contribution < -0.4 is 5.32 Å². The lowest BCUT2D eigenvalue weighted by atomic mass is 10.2. The molecule has 96 valence electrons. The topological polar surface area (TPSA) is 56.1 Å². The predicted octanol–water partition coefficient (Wildman–Crippen LogP) is 1.96. The molecule has 0 aliphatic carbocycles. The van der Waals surface area contributed by atoms with Crippen LogP contribution in [0.25, 0.3) is 0 Å². The van der Waals surface area contributed by atoms with Gasteiger partial charge in [0.05, 0.1) is 18.5 Å². The molecule has 1 N–H and O–H groups in total. The average Bonchev–Trinajstić information content (AvgIpc) is 2.70. The van der Waals surface area contributed by atoms with Gasteiger partial charge in [0, 0.05) is 26.2 Å². The number of ether oxygens (including phenoxy) is 1. The van der Waals surface area contributed by atoms with Crippen LogP contribution >= 0.6 is 0 Å². The normalized spacial score (nSPS) is 10.2. The van der Waals surface area contributed by atoms with Crippen molar-refractivity contribution in [1.29, 1.82) is 0 Å². The lowest BCUT2D eigenvalue weighted by Gasteiger charge is -2.03. The van der Waals surface area contributed by atoms with E-state index in [1.807, 2.05) is 20.2 Å². The van der Waals surface area contributed by atoms with Gasteiger partial charge >= 0.3 is 5.97 Å². The molecule has 0 radical (unpaired) electrons. The molecule has 0 bridgehead atoms. The Morgan fingerprint density at radius 3 is 2.94 bits per heavy atom. The summed E-state index contributed by atoms with van der Waals surface area (Å²) in [6.07, 6.45) is 7.26. The van der Waals surface area contributed by atoms with Crippen LogP contribution in [0.1, 0.15) is 32.6 Å². The molecule has 0 unspecified atom stereocenters. The number of anilines is 1. The van der Waals surface area contributed by atoms with E-state index < -0.39 is 0 Å². The molecule has 1 aromatic heterocycles. The molecular formula is C12H21N3O2. The Balaban J connectivity index is 1.96. The molecule has 0 aliphatic heterocycles. The number of nitrogens with zero attached hydrogens (tertiary/aromatic N) is 2. The van der Waals surface area contributed by atoms with Crippen molar-refractivity contribution in [2.24, 2.45) is 7.05 Å². The fraction of sp³-hybridized carbons (Fsp3) is 0.667. The van der Waals surface area contributed by atoms with Gasteiger partial charge < -0.3 is 10.1 Å². The first-order chi connectivity index (χ1) is 8.22. The van der Waals surface area contributed by atoms with Gasteiger partial charge in [0.2, 0.25) is 0 Å². The van der Waals surface area contributed by atoms with Crippen molar-refractivity contribution in [3.8, 4) is 0 Å². The van der Waals surface area contributed by atoms with E-state index in [0.717, 1.165) is 31.5 Å². The quantitative estimate of drug-likeness (QED) is 0.556. The van der Waals surface area contributed by atoms with E-state index in [1.54, 1.807) is 10.9 Å². The lowest BCUT2D eigenvalue weighted by Crippen LogP contribution is -2.04. The van der Waals surface area contributed by atoms with Gasteiger partial charge in [-0.3, -0.25) is 9.48 Å². The summed E-state index contributed by atoms with van der Waals surface area (Å²) in [5.41, 5.74) is 1.04. The molecule has 0 aliphatic rings. The van der Waals surface area contributed by atoms with Crippen molar-refractivity contribution in [1.82, 2.24) is 9.78 Å². The Hall–Kier alpha value is -1.52. The van der Waals surface area contributed by atoms with Gasteiger partial charge in [0.1, 0.15) is 0 Å². The summed E-state index contributed by atoms with van der Waals surface area (Å²) < 4.78 is 6.62. The highest BCUT2D eigenvalue weighted by atomic mass is 16.5. The fourth-order valence-electron chi connectivity index (χ4n) is 1.55. The minimum Gasteiger partial charge on any atom is -0.466 e. The Morgan fingerprint density at radius 2 is 2.29 bits per heavy atom. The summed E-state index contributed by atoms with van der Waals surface area (Å²) in [6, 6.07) is 0. The number of carbonyl (C=O) groups excluding carboxylic acids is 1. The van der Waals surface area contributed by atoms with Crippen molar-refractivity contribution < 1.29 is 9.53 Å². The smallest absolute Gasteiger partial charge is 0.305 e. The third-order valence-electron chi connectivity index (χ3n) is 2.40. The highest BCUT2D eigenvalue weighted by Gasteiger charge is 2.00. The number of rotatable bonds is 8. The lowest BCUT2D eigenvalue weighted by molar-refractivity contribution is -0.143. The summed E-state index contributed by atoms with van der Waals surface area (Å²) >= 11 is 0. The molecule has 17 heavy (non-hydrogen) atoms. The fourth-order valence-corrected chi connectivity index (χ4v) is 1.55. The van der Waals surface area contributed by atoms with Gasteiger partial charge in [-0.2, -0.15) is 5.10 Å². The molecular weight excluding hydrogens is 218 g/mol. The largest absolute Gasteiger partial charge is 0.466 e. The number of aryl methyl sites for hydroxylation is 1. The zero-order valence-electron chi connectivity index (χ0n) is 10.6. The van der Waals surface area contributed by atoms with E-state index in [-0.39, 0.29) is 5.97 Å². The van der Waals surface area contributed by atoms with E-state index in [9.17, 15) is 4.79 Å². The molecule has 5 nitrogen and oxygen atoms in total. The van der Waals surface area contributed by atoms with E-state index in [2.05, 4.69) is 10.4 Å². The first kappa shape index (κ1) is 13.5. The highest BCUT2D eigenvalue weighted by molar-refractivity contribution is 5.69. The van der Waals surface area contributed by atoms with Crippen molar-refractivity contribution in [2.45, 2.75) is 32.6 Å². The van der Waals surface area contributed by atoms with Crippen LogP contribution in [0.3, 0.4) is 0 Å².